The minimum Gasteiger partial charge on any atom is -0.479 e. The smallest absolute Gasteiger partial charge is 0.265 e. The van der Waals surface area contributed by atoms with Crippen molar-refractivity contribution in [1.82, 2.24) is 4.31 Å². The summed E-state index contributed by atoms with van der Waals surface area (Å²) in [5.41, 5.74) is 2.11. The molecule has 1 atom stereocenters. The van der Waals surface area contributed by atoms with Gasteiger partial charge >= 0.3 is 0 Å². The maximum Gasteiger partial charge on any atom is 0.265 e. The fraction of sp³-hybridized carbons (Fsp3) is 0.391. The van der Waals surface area contributed by atoms with Crippen molar-refractivity contribution in [1.29, 1.82) is 0 Å². The maximum absolute atomic E-state index is 13.3. The number of ether oxygens (including phenoxy) is 1. The van der Waals surface area contributed by atoms with Crippen molar-refractivity contribution in [2.45, 2.75) is 44.6 Å². The van der Waals surface area contributed by atoms with Crippen molar-refractivity contribution < 1.29 is 27.1 Å². The van der Waals surface area contributed by atoms with Crippen LogP contribution in [0.3, 0.4) is 0 Å². The molecule has 4 rings (SSSR count). The van der Waals surface area contributed by atoms with Gasteiger partial charge in [0.2, 0.25) is 15.9 Å². The molecule has 2 amide bonds. The number of aryl methyl sites for hydroxylation is 2. The van der Waals surface area contributed by atoms with E-state index in [4.69, 9.17) is 4.74 Å². The number of anilines is 2. The van der Waals surface area contributed by atoms with Gasteiger partial charge in [0.15, 0.2) is 6.10 Å². The molecule has 1 saturated heterocycles. The molecule has 8 nitrogen and oxygen atoms in total. The summed E-state index contributed by atoms with van der Waals surface area (Å²) in [4.78, 5) is 24.6. The summed E-state index contributed by atoms with van der Waals surface area (Å²) in [5.74, 6) is -0.887. The summed E-state index contributed by atoms with van der Waals surface area (Å²) in [5, 5.41) is 5.54. The third-order valence-corrected chi connectivity index (χ3v) is 8.14. The van der Waals surface area contributed by atoms with Gasteiger partial charge in [-0.25, -0.2) is 12.8 Å². The number of rotatable bonds is 4. The topological polar surface area (TPSA) is 105 Å². The van der Waals surface area contributed by atoms with Gasteiger partial charge in [-0.3, -0.25) is 9.59 Å². The molecule has 0 bridgehead atoms. The number of fused-ring (bicyclic) bond motifs is 1. The largest absolute Gasteiger partial charge is 0.479 e. The molecule has 176 valence electrons. The first-order chi connectivity index (χ1) is 15.6. The van der Waals surface area contributed by atoms with Crippen LogP contribution < -0.4 is 15.4 Å². The monoisotopic (exact) mass is 475 g/mol. The lowest BCUT2D eigenvalue weighted by Crippen LogP contribution is -2.41. The summed E-state index contributed by atoms with van der Waals surface area (Å²) in [6, 6.07) is 7.20. The molecule has 10 heteroatoms. The van der Waals surface area contributed by atoms with Gasteiger partial charge in [0, 0.05) is 30.8 Å². The predicted octanol–water partition coefficient (Wildman–Crippen LogP) is 3.20. The number of halogens is 1. The number of piperidine rings is 1. The van der Waals surface area contributed by atoms with Crippen molar-refractivity contribution >= 4 is 33.2 Å². The molecule has 0 unspecified atom stereocenters. The van der Waals surface area contributed by atoms with Crippen LogP contribution in [0.2, 0.25) is 0 Å². The van der Waals surface area contributed by atoms with Crippen LogP contribution in [0.4, 0.5) is 15.8 Å². The maximum atomic E-state index is 13.3. The van der Waals surface area contributed by atoms with E-state index in [1.54, 1.807) is 26.8 Å². The van der Waals surface area contributed by atoms with E-state index in [-0.39, 0.29) is 41.5 Å². The average molecular weight is 476 g/mol. The molecule has 2 N–H and O–H groups in total. The Kier molecular flexibility index (Phi) is 6.15. The lowest BCUT2D eigenvalue weighted by Gasteiger charge is -2.31. The number of sulfonamides is 1. The number of carbonyl (C=O) groups excluding carboxylic acids is 2. The van der Waals surface area contributed by atoms with Gasteiger partial charge in [-0.15, -0.1) is 0 Å². The number of nitrogens with zero attached hydrogens (tertiary/aromatic N) is 1. The van der Waals surface area contributed by atoms with Crippen LogP contribution in [0, 0.1) is 25.6 Å². The Morgan fingerprint density at radius 1 is 1.15 bits per heavy atom. The fourth-order valence-electron chi connectivity index (χ4n) is 4.12. The van der Waals surface area contributed by atoms with Gasteiger partial charge in [-0.05, 0) is 69.0 Å². The number of amides is 2. The van der Waals surface area contributed by atoms with Crippen LogP contribution in [-0.2, 0) is 19.6 Å². The van der Waals surface area contributed by atoms with E-state index in [1.165, 1.54) is 28.6 Å². The third-order valence-electron chi connectivity index (χ3n) is 6.10. The van der Waals surface area contributed by atoms with Crippen LogP contribution in [0.25, 0.3) is 0 Å². The van der Waals surface area contributed by atoms with Gasteiger partial charge in [0.1, 0.15) is 11.6 Å². The van der Waals surface area contributed by atoms with Gasteiger partial charge in [0.05, 0.1) is 10.6 Å². The van der Waals surface area contributed by atoms with Crippen LogP contribution in [-0.4, -0.2) is 43.7 Å². The van der Waals surface area contributed by atoms with E-state index >= 15 is 0 Å². The second-order valence-electron chi connectivity index (χ2n) is 8.49. The van der Waals surface area contributed by atoms with E-state index in [0.29, 0.717) is 41.1 Å². The molecule has 33 heavy (non-hydrogen) atoms. The van der Waals surface area contributed by atoms with Crippen LogP contribution in [0.15, 0.2) is 35.2 Å². The lowest BCUT2D eigenvalue weighted by atomic mass is 9.97. The highest BCUT2D eigenvalue weighted by Gasteiger charge is 2.34. The standard InChI is InChI=1S/C23H26FN3O5S/c1-13-10-17(24)4-5-18(13)25-23(29)16-6-8-27(9-7-16)33(30,31)21-12-20-19(11-14(21)2)26-22(28)15(3)32-20/h4-5,10-12,15-16H,6-9H2,1-3H3,(H,25,29)(H,26,28)/t15-/m0/s1. The number of hydrogen-bond donors (Lipinski definition) is 2. The van der Waals surface area contributed by atoms with Gasteiger partial charge in [-0.2, -0.15) is 4.31 Å². The highest BCUT2D eigenvalue weighted by Crippen LogP contribution is 2.36. The number of hydrogen-bond acceptors (Lipinski definition) is 5. The lowest BCUT2D eigenvalue weighted by molar-refractivity contribution is -0.123. The summed E-state index contributed by atoms with van der Waals surface area (Å²) < 4.78 is 46.9. The SMILES string of the molecule is Cc1cc(F)ccc1NC(=O)C1CCN(S(=O)(=O)c2cc3c(cc2C)NC(=O)[C@H](C)O3)CC1. The molecular formula is C23H26FN3O5S. The molecule has 2 aliphatic heterocycles. The van der Waals surface area contributed by atoms with E-state index in [2.05, 4.69) is 10.6 Å². The van der Waals surface area contributed by atoms with Crippen molar-refractivity contribution in [3.05, 3.63) is 47.3 Å². The second-order valence-corrected chi connectivity index (χ2v) is 10.4. The number of carbonyl (C=O) groups is 2. The van der Waals surface area contributed by atoms with Gasteiger partial charge in [0.25, 0.3) is 5.91 Å². The second kappa shape index (κ2) is 8.75. The highest BCUT2D eigenvalue weighted by atomic mass is 32.2. The molecule has 0 radical (unpaired) electrons. The molecule has 2 aromatic carbocycles. The van der Waals surface area contributed by atoms with Crippen LogP contribution >= 0.6 is 0 Å². The summed E-state index contributed by atoms with van der Waals surface area (Å²) in [6.07, 6.45) is 0.0346. The van der Waals surface area contributed by atoms with E-state index < -0.39 is 16.1 Å². The van der Waals surface area contributed by atoms with Crippen LogP contribution in [0.5, 0.6) is 5.75 Å². The van der Waals surface area contributed by atoms with Crippen molar-refractivity contribution in [2.24, 2.45) is 5.92 Å². The molecular weight excluding hydrogens is 449 g/mol. The summed E-state index contributed by atoms with van der Waals surface area (Å²) in [7, 11) is -3.81. The first kappa shape index (κ1) is 23.2. The summed E-state index contributed by atoms with van der Waals surface area (Å²) >= 11 is 0. The average Bonchev–Trinajstić information content (AvgIpc) is 2.76. The van der Waals surface area contributed by atoms with Gasteiger partial charge < -0.3 is 15.4 Å². The van der Waals surface area contributed by atoms with Crippen molar-refractivity contribution in [3.8, 4) is 5.75 Å². The Bertz CT molecular complexity index is 1220. The molecule has 0 aliphatic carbocycles. The molecule has 1 fully saturated rings. The van der Waals surface area contributed by atoms with Crippen molar-refractivity contribution in [2.75, 3.05) is 23.7 Å². The number of nitrogens with one attached hydrogen (secondary N) is 2. The predicted molar refractivity (Wildman–Crippen MR) is 121 cm³/mol. The Morgan fingerprint density at radius 2 is 1.85 bits per heavy atom. The van der Waals surface area contributed by atoms with E-state index in [0.717, 1.165) is 0 Å². The number of benzene rings is 2. The highest BCUT2D eigenvalue weighted by molar-refractivity contribution is 7.89. The molecule has 0 aromatic heterocycles. The zero-order chi connectivity index (χ0) is 23.9. The zero-order valence-electron chi connectivity index (χ0n) is 18.6. The van der Waals surface area contributed by atoms with Crippen LogP contribution in [0.1, 0.15) is 30.9 Å². The fourth-order valence-corrected chi connectivity index (χ4v) is 5.81. The minimum absolute atomic E-state index is 0.120. The molecule has 0 saturated carbocycles. The van der Waals surface area contributed by atoms with E-state index in [9.17, 15) is 22.4 Å². The zero-order valence-corrected chi connectivity index (χ0v) is 19.5. The first-order valence-corrected chi connectivity index (χ1v) is 12.2. The minimum atomic E-state index is -3.81. The van der Waals surface area contributed by atoms with Gasteiger partial charge in [-0.1, -0.05) is 0 Å². The molecule has 2 aliphatic rings. The summed E-state index contributed by atoms with van der Waals surface area (Å²) in [6.45, 7) is 5.38. The quantitative estimate of drug-likeness (QED) is 0.707. The Morgan fingerprint density at radius 3 is 2.52 bits per heavy atom. The molecule has 0 spiro atoms. The Labute approximate surface area is 192 Å². The van der Waals surface area contributed by atoms with Crippen molar-refractivity contribution in [3.63, 3.8) is 0 Å². The van der Waals surface area contributed by atoms with E-state index in [1.807, 2.05) is 0 Å². The molecule has 2 aromatic rings. The first-order valence-electron chi connectivity index (χ1n) is 10.8. The Balaban J connectivity index is 1.45. The molecule has 2 heterocycles. The third kappa shape index (κ3) is 4.58. The Hall–Kier alpha value is -2.98. The normalized spacial score (nSPS) is 19.4.